The zero-order chi connectivity index (χ0) is 13.5. The van der Waals surface area contributed by atoms with Crippen LogP contribution < -0.4 is 4.90 Å². The molecule has 3 heteroatoms. The van der Waals surface area contributed by atoms with Gasteiger partial charge in [-0.1, -0.05) is 43.9 Å². The number of rotatable bonds is 5. The quantitative estimate of drug-likeness (QED) is 0.822. The van der Waals surface area contributed by atoms with Gasteiger partial charge in [0.05, 0.1) is 6.42 Å². The molecule has 0 heterocycles. The van der Waals surface area contributed by atoms with Gasteiger partial charge in [0.15, 0.2) is 0 Å². The van der Waals surface area contributed by atoms with Crippen LogP contribution >= 0.6 is 0 Å². The van der Waals surface area contributed by atoms with E-state index >= 15 is 0 Å². The molecule has 1 aromatic carbocycles. The van der Waals surface area contributed by atoms with Crippen molar-refractivity contribution in [1.82, 2.24) is 0 Å². The van der Waals surface area contributed by atoms with Gasteiger partial charge in [0.2, 0.25) is 0 Å². The molecule has 2 rings (SSSR count). The Morgan fingerprint density at radius 3 is 2.32 bits per heavy atom. The number of carbonyl (C=O) groups is 1. The fraction of sp³-hybridized carbons (Fsp3) is 0.562. The highest BCUT2D eigenvalue weighted by molar-refractivity contribution is 5.67. The Bertz CT molecular complexity index is 383. The number of carboxylic acids is 1. The highest BCUT2D eigenvalue weighted by Crippen LogP contribution is 2.26. The molecule has 104 valence electrons. The molecular weight excluding hydrogens is 238 g/mol. The lowest BCUT2D eigenvalue weighted by Crippen LogP contribution is -2.36. The number of benzene rings is 1. The van der Waals surface area contributed by atoms with Crippen molar-refractivity contribution in [3.63, 3.8) is 0 Å². The van der Waals surface area contributed by atoms with Gasteiger partial charge in [-0.05, 0) is 25.0 Å². The Morgan fingerprint density at radius 1 is 1.11 bits per heavy atom. The minimum Gasteiger partial charge on any atom is -0.481 e. The number of nitrogens with zero attached hydrogens (tertiary/aromatic N) is 1. The van der Waals surface area contributed by atoms with E-state index in [-0.39, 0.29) is 6.42 Å². The van der Waals surface area contributed by atoms with Crippen molar-refractivity contribution in [3.05, 3.63) is 30.3 Å². The van der Waals surface area contributed by atoms with Crippen LogP contribution in [-0.4, -0.2) is 23.7 Å². The third-order valence-corrected chi connectivity index (χ3v) is 3.92. The summed E-state index contributed by atoms with van der Waals surface area (Å²) in [4.78, 5) is 13.2. The van der Waals surface area contributed by atoms with Crippen LogP contribution in [0.2, 0.25) is 0 Å². The van der Waals surface area contributed by atoms with E-state index in [9.17, 15) is 4.79 Å². The van der Waals surface area contributed by atoms with Crippen molar-refractivity contribution in [1.29, 1.82) is 0 Å². The molecule has 0 aliphatic heterocycles. The van der Waals surface area contributed by atoms with Gasteiger partial charge in [0.25, 0.3) is 0 Å². The summed E-state index contributed by atoms with van der Waals surface area (Å²) >= 11 is 0. The molecule has 0 spiro atoms. The van der Waals surface area contributed by atoms with E-state index in [4.69, 9.17) is 5.11 Å². The van der Waals surface area contributed by atoms with Gasteiger partial charge in [-0.2, -0.15) is 0 Å². The maximum absolute atomic E-state index is 10.9. The lowest BCUT2D eigenvalue weighted by Gasteiger charge is -2.33. The van der Waals surface area contributed by atoms with E-state index in [1.54, 1.807) is 0 Å². The van der Waals surface area contributed by atoms with Gasteiger partial charge < -0.3 is 10.0 Å². The first kappa shape index (κ1) is 13.9. The Labute approximate surface area is 115 Å². The summed E-state index contributed by atoms with van der Waals surface area (Å²) in [5.74, 6) is -0.713. The summed E-state index contributed by atoms with van der Waals surface area (Å²) in [5, 5.41) is 8.94. The Morgan fingerprint density at radius 2 is 1.74 bits per heavy atom. The fourth-order valence-electron chi connectivity index (χ4n) is 2.93. The first-order valence-electron chi connectivity index (χ1n) is 7.31. The monoisotopic (exact) mass is 261 g/mol. The second-order valence-electron chi connectivity index (χ2n) is 5.32. The molecule has 1 saturated carbocycles. The number of aliphatic carboxylic acids is 1. The smallest absolute Gasteiger partial charge is 0.305 e. The highest BCUT2D eigenvalue weighted by Gasteiger charge is 2.20. The van der Waals surface area contributed by atoms with Crippen LogP contribution in [0.3, 0.4) is 0 Å². The lowest BCUT2D eigenvalue weighted by atomic mass is 10.1. The van der Waals surface area contributed by atoms with Gasteiger partial charge in [-0.3, -0.25) is 4.79 Å². The highest BCUT2D eigenvalue weighted by atomic mass is 16.4. The van der Waals surface area contributed by atoms with E-state index in [1.807, 2.05) is 18.2 Å². The first-order chi connectivity index (χ1) is 9.27. The number of carboxylic acid groups (broad SMARTS) is 1. The summed E-state index contributed by atoms with van der Waals surface area (Å²) in [6.07, 6.45) is 7.76. The summed E-state index contributed by atoms with van der Waals surface area (Å²) in [6, 6.07) is 10.7. The SMILES string of the molecule is O=C(O)CCN(c1ccccc1)C1CCCCCC1. The van der Waals surface area contributed by atoms with Crippen molar-refractivity contribution in [2.24, 2.45) is 0 Å². The van der Waals surface area contributed by atoms with Crippen LogP contribution in [0.1, 0.15) is 44.9 Å². The molecule has 1 N–H and O–H groups in total. The average Bonchev–Trinajstić information content (AvgIpc) is 2.69. The Kier molecular flexibility index (Phi) is 5.25. The number of para-hydroxylation sites is 1. The van der Waals surface area contributed by atoms with Crippen molar-refractivity contribution < 1.29 is 9.90 Å². The van der Waals surface area contributed by atoms with E-state index in [1.165, 1.54) is 38.5 Å². The largest absolute Gasteiger partial charge is 0.481 e. The first-order valence-corrected chi connectivity index (χ1v) is 7.31. The van der Waals surface area contributed by atoms with Gasteiger partial charge in [0.1, 0.15) is 0 Å². The number of hydrogen-bond donors (Lipinski definition) is 1. The summed E-state index contributed by atoms with van der Waals surface area (Å²) < 4.78 is 0. The van der Waals surface area contributed by atoms with E-state index < -0.39 is 5.97 Å². The molecule has 1 fully saturated rings. The van der Waals surface area contributed by atoms with Crippen LogP contribution in [0.25, 0.3) is 0 Å². The maximum Gasteiger partial charge on any atom is 0.305 e. The summed E-state index contributed by atoms with van der Waals surface area (Å²) in [6.45, 7) is 0.615. The normalized spacial score (nSPS) is 16.8. The average molecular weight is 261 g/mol. The number of hydrogen-bond acceptors (Lipinski definition) is 2. The van der Waals surface area contributed by atoms with Gasteiger partial charge in [0, 0.05) is 18.3 Å². The van der Waals surface area contributed by atoms with E-state index in [0.29, 0.717) is 12.6 Å². The summed E-state index contributed by atoms with van der Waals surface area (Å²) in [7, 11) is 0. The van der Waals surface area contributed by atoms with Gasteiger partial charge >= 0.3 is 5.97 Å². The van der Waals surface area contributed by atoms with Gasteiger partial charge in [-0.25, -0.2) is 0 Å². The maximum atomic E-state index is 10.9. The minimum absolute atomic E-state index is 0.214. The molecule has 0 unspecified atom stereocenters. The van der Waals surface area contributed by atoms with Crippen molar-refractivity contribution >= 4 is 11.7 Å². The molecule has 19 heavy (non-hydrogen) atoms. The molecule has 0 atom stereocenters. The fourth-order valence-corrected chi connectivity index (χ4v) is 2.93. The minimum atomic E-state index is -0.713. The zero-order valence-electron chi connectivity index (χ0n) is 11.4. The number of anilines is 1. The lowest BCUT2D eigenvalue weighted by molar-refractivity contribution is -0.136. The van der Waals surface area contributed by atoms with Crippen LogP contribution in [0.5, 0.6) is 0 Å². The van der Waals surface area contributed by atoms with E-state index in [0.717, 1.165) is 5.69 Å². The second-order valence-corrected chi connectivity index (χ2v) is 5.32. The van der Waals surface area contributed by atoms with Gasteiger partial charge in [-0.15, -0.1) is 0 Å². The standard InChI is InChI=1S/C16H23NO2/c18-16(19)12-13-17(15-10-6-3-7-11-15)14-8-4-1-2-5-9-14/h3,6-7,10-11,14H,1-2,4-5,8-9,12-13H2,(H,18,19). The third kappa shape index (κ3) is 4.27. The molecule has 0 radical (unpaired) electrons. The molecule has 1 aliphatic rings. The zero-order valence-corrected chi connectivity index (χ0v) is 11.4. The molecule has 3 nitrogen and oxygen atoms in total. The summed E-state index contributed by atoms with van der Waals surface area (Å²) in [5.41, 5.74) is 1.16. The van der Waals surface area contributed by atoms with Crippen LogP contribution in [0, 0.1) is 0 Å². The Hall–Kier alpha value is -1.51. The second kappa shape index (κ2) is 7.17. The molecule has 0 aromatic heterocycles. The predicted molar refractivity (Wildman–Crippen MR) is 77.5 cm³/mol. The van der Waals surface area contributed by atoms with Crippen molar-refractivity contribution in [2.75, 3.05) is 11.4 Å². The third-order valence-electron chi connectivity index (χ3n) is 3.92. The predicted octanol–water partition coefficient (Wildman–Crippen LogP) is 3.69. The van der Waals surface area contributed by atoms with Crippen LogP contribution in [-0.2, 0) is 4.79 Å². The Balaban J connectivity index is 2.10. The topological polar surface area (TPSA) is 40.5 Å². The molecule has 0 saturated heterocycles. The molecule has 0 amide bonds. The van der Waals surface area contributed by atoms with Crippen molar-refractivity contribution in [3.8, 4) is 0 Å². The molecule has 0 bridgehead atoms. The van der Waals surface area contributed by atoms with E-state index in [2.05, 4.69) is 17.0 Å². The molecule has 1 aliphatic carbocycles. The molecular formula is C16H23NO2. The van der Waals surface area contributed by atoms with Crippen LogP contribution in [0.4, 0.5) is 5.69 Å². The molecule has 1 aromatic rings. The van der Waals surface area contributed by atoms with Crippen molar-refractivity contribution in [2.45, 2.75) is 51.0 Å². The van der Waals surface area contributed by atoms with Crippen LogP contribution in [0.15, 0.2) is 30.3 Å².